The van der Waals surface area contributed by atoms with Crippen LogP contribution in [0.25, 0.3) is 0 Å². The lowest BCUT2D eigenvalue weighted by Gasteiger charge is -2.28. The maximum atomic E-state index is 12.2. The Labute approximate surface area is 121 Å². The lowest BCUT2D eigenvalue weighted by Crippen LogP contribution is -2.48. The predicted molar refractivity (Wildman–Crippen MR) is 77.0 cm³/mol. The highest BCUT2D eigenvalue weighted by molar-refractivity contribution is 7.91. The van der Waals surface area contributed by atoms with Crippen molar-refractivity contribution in [3.05, 3.63) is 0 Å². The van der Waals surface area contributed by atoms with Crippen LogP contribution in [0.4, 0.5) is 0 Å². The first-order chi connectivity index (χ1) is 9.32. The fourth-order valence-corrected chi connectivity index (χ4v) is 4.10. The average molecular weight is 304 g/mol. The minimum atomic E-state index is -3.06. The van der Waals surface area contributed by atoms with Gasteiger partial charge in [0.25, 0.3) is 0 Å². The number of hydrogen-bond donors (Lipinski definition) is 0. The van der Waals surface area contributed by atoms with Crippen molar-refractivity contribution in [2.24, 2.45) is 0 Å². The van der Waals surface area contributed by atoms with Crippen LogP contribution in [0.5, 0.6) is 0 Å². The molecule has 0 aromatic carbocycles. The largest absolute Gasteiger partial charge is 0.338 e. The Morgan fingerprint density at radius 3 is 2.30 bits per heavy atom. The molecule has 1 aliphatic heterocycles. The van der Waals surface area contributed by atoms with E-state index >= 15 is 0 Å². The second kappa shape index (κ2) is 7.06. The van der Waals surface area contributed by atoms with Gasteiger partial charge in [-0.15, -0.1) is 0 Å². The van der Waals surface area contributed by atoms with Gasteiger partial charge in [-0.1, -0.05) is 13.3 Å². The summed E-state index contributed by atoms with van der Waals surface area (Å²) in [4.78, 5) is 27.1. The number of hydrogen-bond acceptors (Lipinski definition) is 4. The highest BCUT2D eigenvalue weighted by Crippen LogP contribution is 2.18. The molecule has 1 atom stereocenters. The van der Waals surface area contributed by atoms with Crippen LogP contribution in [0.3, 0.4) is 0 Å². The van der Waals surface area contributed by atoms with E-state index in [9.17, 15) is 18.0 Å². The molecular formula is C13H24N2O4S. The van der Waals surface area contributed by atoms with Crippen molar-refractivity contribution in [2.45, 2.75) is 39.2 Å². The van der Waals surface area contributed by atoms with E-state index in [0.717, 1.165) is 12.8 Å². The van der Waals surface area contributed by atoms with Gasteiger partial charge >= 0.3 is 11.8 Å². The normalized spacial score (nSPS) is 20.6. The van der Waals surface area contributed by atoms with Crippen molar-refractivity contribution in [3.8, 4) is 0 Å². The summed E-state index contributed by atoms with van der Waals surface area (Å²) in [7, 11) is -1.46. The van der Waals surface area contributed by atoms with Crippen molar-refractivity contribution < 1.29 is 18.0 Å². The molecule has 0 aliphatic carbocycles. The third kappa shape index (κ3) is 4.19. The first-order valence-corrected chi connectivity index (χ1v) is 8.91. The van der Waals surface area contributed by atoms with Crippen molar-refractivity contribution in [1.82, 2.24) is 9.80 Å². The highest BCUT2D eigenvalue weighted by atomic mass is 32.2. The van der Waals surface area contributed by atoms with Crippen LogP contribution >= 0.6 is 0 Å². The minimum Gasteiger partial charge on any atom is -0.338 e. The first kappa shape index (κ1) is 16.9. The summed E-state index contributed by atoms with van der Waals surface area (Å²) in [5.74, 6) is -1.07. The molecule has 1 rings (SSSR count). The zero-order valence-electron chi connectivity index (χ0n) is 12.5. The fraction of sp³-hybridized carbons (Fsp3) is 0.846. The summed E-state index contributed by atoms with van der Waals surface area (Å²) in [6.07, 6.45) is 2.22. The minimum absolute atomic E-state index is 0.0292. The Bertz CT molecular complexity index is 461. The van der Waals surface area contributed by atoms with E-state index in [2.05, 4.69) is 0 Å². The Kier molecular flexibility index (Phi) is 5.98. The molecule has 1 unspecified atom stereocenters. The van der Waals surface area contributed by atoms with Gasteiger partial charge in [-0.25, -0.2) is 8.42 Å². The zero-order valence-corrected chi connectivity index (χ0v) is 13.3. The molecular weight excluding hydrogens is 280 g/mol. The number of rotatable bonds is 5. The number of carbonyl (C=O) groups excluding carboxylic acids is 2. The Morgan fingerprint density at radius 2 is 1.85 bits per heavy atom. The van der Waals surface area contributed by atoms with Crippen LogP contribution in [0.15, 0.2) is 0 Å². The SMILES string of the molecule is CCCCN(C)C(=O)C(=O)N(CC)C1CCS(=O)(=O)C1. The summed E-state index contributed by atoms with van der Waals surface area (Å²) < 4.78 is 23.0. The smallest absolute Gasteiger partial charge is 0.312 e. The maximum Gasteiger partial charge on any atom is 0.312 e. The molecule has 0 saturated carbocycles. The molecule has 6 nitrogen and oxygen atoms in total. The highest BCUT2D eigenvalue weighted by Gasteiger charge is 2.36. The van der Waals surface area contributed by atoms with Crippen molar-refractivity contribution in [1.29, 1.82) is 0 Å². The molecule has 0 aromatic heterocycles. The van der Waals surface area contributed by atoms with Crippen LogP contribution in [0, 0.1) is 0 Å². The molecule has 0 aromatic rings. The lowest BCUT2D eigenvalue weighted by molar-refractivity contribution is -0.152. The molecule has 0 N–H and O–H groups in total. The second-order valence-electron chi connectivity index (χ2n) is 5.23. The lowest BCUT2D eigenvalue weighted by atomic mass is 10.2. The van der Waals surface area contributed by atoms with E-state index in [1.54, 1.807) is 14.0 Å². The third-order valence-electron chi connectivity index (χ3n) is 3.63. The monoisotopic (exact) mass is 304 g/mol. The van der Waals surface area contributed by atoms with Gasteiger partial charge in [0.1, 0.15) is 0 Å². The summed E-state index contributed by atoms with van der Waals surface area (Å²) in [6, 6.07) is -0.360. The Morgan fingerprint density at radius 1 is 1.20 bits per heavy atom. The fourth-order valence-electron chi connectivity index (χ4n) is 2.37. The molecule has 0 spiro atoms. The van der Waals surface area contributed by atoms with Crippen LogP contribution < -0.4 is 0 Å². The van der Waals surface area contributed by atoms with Gasteiger partial charge in [-0.2, -0.15) is 0 Å². The van der Waals surface area contributed by atoms with E-state index in [0.29, 0.717) is 19.5 Å². The van der Waals surface area contributed by atoms with Crippen molar-refractivity contribution in [3.63, 3.8) is 0 Å². The van der Waals surface area contributed by atoms with Gasteiger partial charge in [0.2, 0.25) is 0 Å². The van der Waals surface area contributed by atoms with Crippen LogP contribution in [0.2, 0.25) is 0 Å². The van der Waals surface area contributed by atoms with Gasteiger partial charge in [0.05, 0.1) is 11.5 Å². The van der Waals surface area contributed by atoms with Crippen molar-refractivity contribution >= 4 is 21.7 Å². The third-order valence-corrected chi connectivity index (χ3v) is 5.38. The van der Waals surface area contributed by atoms with E-state index in [4.69, 9.17) is 0 Å². The number of sulfone groups is 1. The molecule has 7 heteroatoms. The van der Waals surface area contributed by atoms with E-state index in [-0.39, 0.29) is 17.5 Å². The number of nitrogens with zero attached hydrogens (tertiary/aromatic N) is 2. The molecule has 1 aliphatic rings. The standard InChI is InChI=1S/C13H24N2O4S/c1-4-6-8-14(3)12(16)13(17)15(5-2)11-7-9-20(18,19)10-11/h11H,4-10H2,1-3H3. The number of likely N-dealkylation sites (N-methyl/N-ethyl adjacent to an activating group) is 2. The topological polar surface area (TPSA) is 74.8 Å². The molecule has 20 heavy (non-hydrogen) atoms. The Balaban J connectivity index is 2.70. The molecule has 1 fully saturated rings. The van der Waals surface area contributed by atoms with Gasteiger partial charge in [-0.3, -0.25) is 9.59 Å². The summed E-state index contributed by atoms with van der Waals surface area (Å²) >= 11 is 0. The summed E-state index contributed by atoms with van der Waals surface area (Å²) in [5.41, 5.74) is 0. The zero-order chi connectivity index (χ0) is 15.3. The van der Waals surface area contributed by atoms with Crippen LogP contribution in [-0.2, 0) is 19.4 Å². The quantitative estimate of drug-likeness (QED) is 0.684. The van der Waals surface area contributed by atoms with Crippen LogP contribution in [0.1, 0.15) is 33.1 Å². The van der Waals surface area contributed by atoms with Gasteiger partial charge in [0.15, 0.2) is 9.84 Å². The van der Waals surface area contributed by atoms with Gasteiger partial charge < -0.3 is 9.80 Å². The average Bonchev–Trinajstić information content (AvgIpc) is 2.75. The van der Waals surface area contributed by atoms with E-state index in [1.165, 1.54) is 9.80 Å². The molecule has 0 bridgehead atoms. The maximum absolute atomic E-state index is 12.2. The number of carbonyl (C=O) groups is 2. The molecule has 1 heterocycles. The molecule has 2 amide bonds. The predicted octanol–water partition coefficient (Wildman–Crippen LogP) is 0.281. The number of amides is 2. The molecule has 116 valence electrons. The summed E-state index contributed by atoms with van der Waals surface area (Å²) in [6.45, 7) is 4.68. The van der Waals surface area contributed by atoms with Crippen molar-refractivity contribution in [2.75, 3.05) is 31.6 Å². The number of unbranched alkanes of at least 4 members (excludes halogenated alkanes) is 1. The summed E-state index contributed by atoms with van der Waals surface area (Å²) in [5, 5.41) is 0. The van der Waals surface area contributed by atoms with Gasteiger partial charge in [0, 0.05) is 26.2 Å². The Hall–Kier alpha value is -1.11. The van der Waals surface area contributed by atoms with Crippen LogP contribution in [-0.4, -0.2) is 67.7 Å². The molecule has 0 radical (unpaired) electrons. The molecule has 1 saturated heterocycles. The van der Waals surface area contributed by atoms with E-state index < -0.39 is 21.7 Å². The van der Waals surface area contributed by atoms with E-state index in [1.807, 2.05) is 6.92 Å². The van der Waals surface area contributed by atoms with Gasteiger partial charge in [-0.05, 0) is 19.8 Å². The first-order valence-electron chi connectivity index (χ1n) is 7.08. The second-order valence-corrected chi connectivity index (χ2v) is 7.46.